The van der Waals surface area contributed by atoms with Crippen molar-refractivity contribution >= 4 is 11.6 Å². The van der Waals surface area contributed by atoms with Crippen LogP contribution in [0.15, 0.2) is 18.2 Å². The molecule has 0 saturated heterocycles. The Morgan fingerprint density at radius 3 is 2.36 bits per heavy atom. The number of benzene rings is 1. The highest BCUT2D eigenvalue weighted by molar-refractivity contribution is 6.31. The zero-order valence-electron chi connectivity index (χ0n) is 8.97. The molecule has 0 amide bonds. The monoisotopic (exact) mass is 212 g/mol. The number of rotatable bonds is 2. The summed E-state index contributed by atoms with van der Waals surface area (Å²) in [6.07, 6.45) is 0.956. The van der Waals surface area contributed by atoms with Crippen LogP contribution in [0.5, 0.6) is 0 Å². The maximum absolute atomic E-state index is 8.93. The molecule has 14 heavy (non-hydrogen) atoms. The second-order valence-electron chi connectivity index (χ2n) is 4.82. The van der Waals surface area contributed by atoms with E-state index in [1.807, 2.05) is 18.2 Å². The van der Waals surface area contributed by atoms with Crippen molar-refractivity contribution in [1.82, 2.24) is 0 Å². The Labute approximate surface area is 90.7 Å². The molecule has 0 heterocycles. The first kappa shape index (κ1) is 11.5. The first-order valence-corrected chi connectivity index (χ1v) is 5.18. The summed E-state index contributed by atoms with van der Waals surface area (Å²) >= 11 is 6.10. The highest BCUT2D eigenvalue weighted by atomic mass is 35.5. The van der Waals surface area contributed by atoms with E-state index in [9.17, 15) is 0 Å². The van der Waals surface area contributed by atoms with E-state index in [-0.39, 0.29) is 12.0 Å². The molecule has 0 radical (unpaired) electrons. The fraction of sp³-hybridized carbons (Fsp3) is 0.500. The summed E-state index contributed by atoms with van der Waals surface area (Å²) < 4.78 is 0. The lowest BCUT2D eigenvalue weighted by Crippen LogP contribution is -2.09. The Kier molecular flexibility index (Phi) is 3.57. The van der Waals surface area contributed by atoms with Crippen LogP contribution < -0.4 is 0 Å². The quantitative estimate of drug-likeness (QED) is 0.797. The average Bonchev–Trinajstić information content (AvgIpc) is 2.06. The van der Waals surface area contributed by atoms with Crippen LogP contribution in [-0.4, -0.2) is 5.11 Å². The maximum Gasteiger partial charge on any atom is 0.0682 e. The Morgan fingerprint density at radius 1 is 1.29 bits per heavy atom. The minimum Gasteiger partial charge on any atom is -0.392 e. The summed E-state index contributed by atoms with van der Waals surface area (Å²) in [5, 5.41) is 9.68. The molecule has 1 aromatic rings. The molecule has 1 rings (SSSR count). The van der Waals surface area contributed by atoms with E-state index < -0.39 is 0 Å². The van der Waals surface area contributed by atoms with E-state index in [0.29, 0.717) is 0 Å². The fourth-order valence-corrected chi connectivity index (χ4v) is 1.67. The van der Waals surface area contributed by atoms with Gasteiger partial charge in [0.2, 0.25) is 0 Å². The molecule has 0 unspecified atom stereocenters. The molecule has 1 aromatic carbocycles. The molecular formula is C12H17ClO. The molecule has 1 nitrogen and oxygen atoms in total. The van der Waals surface area contributed by atoms with Crippen molar-refractivity contribution in [3.05, 3.63) is 34.3 Å². The summed E-state index contributed by atoms with van der Waals surface area (Å²) in [6, 6.07) is 5.76. The standard InChI is InChI=1S/C12H17ClO/c1-12(2,3)7-10-5-4-9(8-14)6-11(10)13/h4-6,14H,7-8H2,1-3H3. The van der Waals surface area contributed by atoms with Crippen LogP contribution in [0, 0.1) is 5.41 Å². The van der Waals surface area contributed by atoms with E-state index in [1.54, 1.807) is 0 Å². The number of hydrogen-bond acceptors (Lipinski definition) is 1. The summed E-state index contributed by atoms with van der Waals surface area (Å²) in [5.74, 6) is 0. The van der Waals surface area contributed by atoms with Gasteiger partial charge in [0.25, 0.3) is 0 Å². The third-order valence-corrected chi connectivity index (χ3v) is 2.37. The predicted molar refractivity (Wildman–Crippen MR) is 60.5 cm³/mol. The summed E-state index contributed by atoms with van der Waals surface area (Å²) in [6.45, 7) is 6.60. The van der Waals surface area contributed by atoms with Crippen molar-refractivity contribution in [2.24, 2.45) is 5.41 Å². The largest absolute Gasteiger partial charge is 0.392 e. The van der Waals surface area contributed by atoms with Gasteiger partial charge in [-0.2, -0.15) is 0 Å². The van der Waals surface area contributed by atoms with Crippen molar-refractivity contribution in [1.29, 1.82) is 0 Å². The molecule has 0 saturated carbocycles. The second kappa shape index (κ2) is 4.33. The molecule has 0 aromatic heterocycles. The first-order valence-electron chi connectivity index (χ1n) is 4.80. The topological polar surface area (TPSA) is 20.2 Å². The van der Waals surface area contributed by atoms with Crippen LogP contribution in [0.1, 0.15) is 31.9 Å². The second-order valence-corrected chi connectivity index (χ2v) is 5.23. The van der Waals surface area contributed by atoms with Gasteiger partial charge in [0.1, 0.15) is 0 Å². The molecule has 0 aliphatic carbocycles. The number of aliphatic hydroxyl groups is 1. The molecule has 0 bridgehead atoms. The Hall–Kier alpha value is -0.530. The lowest BCUT2D eigenvalue weighted by atomic mass is 9.88. The first-order chi connectivity index (χ1) is 6.42. The normalized spacial score (nSPS) is 11.8. The molecular weight excluding hydrogens is 196 g/mol. The summed E-state index contributed by atoms with van der Waals surface area (Å²) in [5.41, 5.74) is 2.26. The van der Waals surface area contributed by atoms with E-state index in [4.69, 9.17) is 16.7 Å². The van der Waals surface area contributed by atoms with Crippen molar-refractivity contribution in [3.63, 3.8) is 0 Å². The van der Waals surface area contributed by atoms with Crippen LogP contribution in [-0.2, 0) is 13.0 Å². The minimum absolute atomic E-state index is 0.0511. The van der Waals surface area contributed by atoms with Crippen LogP contribution >= 0.6 is 11.6 Å². The van der Waals surface area contributed by atoms with Crippen LogP contribution in [0.25, 0.3) is 0 Å². The molecule has 0 aliphatic rings. The Balaban J connectivity index is 2.89. The smallest absolute Gasteiger partial charge is 0.0682 e. The molecule has 78 valence electrons. The third kappa shape index (κ3) is 3.32. The van der Waals surface area contributed by atoms with Crippen molar-refractivity contribution < 1.29 is 5.11 Å². The molecule has 0 fully saturated rings. The van der Waals surface area contributed by atoms with Gasteiger partial charge in [-0.15, -0.1) is 0 Å². The number of hydrogen-bond donors (Lipinski definition) is 1. The van der Waals surface area contributed by atoms with E-state index in [0.717, 1.165) is 22.6 Å². The average molecular weight is 213 g/mol. The van der Waals surface area contributed by atoms with Gasteiger partial charge < -0.3 is 5.11 Å². The van der Waals surface area contributed by atoms with Crippen LogP contribution in [0.3, 0.4) is 0 Å². The van der Waals surface area contributed by atoms with Crippen molar-refractivity contribution in [2.45, 2.75) is 33.8 Å². The molecule has 0 aliphatic heterocycles. The lowest BCUT2D eigenvalue weighted by molar-refractivity contribution is 0.282. The van der Waals surface area contributed by atoms with Gasteiger partial charge in [-0.05, 0) is 29.0 Å². The Morgan fingerprint density at radius 2 is 1.93 bits per heavy atom. The van der Waals surface area contributed by atoms with Crippen molar-refractivity contribution in [3.8, 4) is 0 Å². The van der Waals surface area contributed by atoms with Crippen LogP contribution in [0.2, 0.25) is 5.02 Å². The van der Waals surface area contributed by atoms with Crippen LogP contribution in [0.4, 0.5) is 0 Å². The number of aliphatic hydroxyl groups excluding tert-OH is 1. The van der Waals surface area contributed by atoms with Gasteiger partial charge in [-0.25, -0.2) is 0 Å². The molecule has 0 spiro atoms. The highest BCUT2D eigenvalue weighted by Crippen LogP contribution is 2.26. The minimum atomic E-state index is 0.0511. The van der Waals surface area contributed by atoms with Gasteiger partial charge in [0.15, 0.2) is 0 Å². The summed E-state index contributed by atoms with van der Waals surface area (Å²) in [4.78, 5) is 0. The SMILES string of the molecule is CC(C)(C)Cc1ccc(CO)cc1Cl. The Bertz CT molecular complexity index is 313. The van der Waals surface area contributed by atoms with Crippen molar-refractivity contribution in [2.75, 3.05) is 0 Å². The summed E-state index contributed by atoms with van der Waals surface area (Å²) in [7, 11) is 0. The van der Waals surface area contributed by atoms with Gasteiger partial charge >= 0.3 is 0 Å². The third-order valence-electron chi connectivity index (χ3n) is 2.02. The van der Waals surface area contributed by atoms with E-state index in [2.05, 4.69) is 20.8 Å². The lowest BCUT2D eigenvalue weighted by Gasteiger charge is -2.19. The maximum atomic E-state index is 8.93. The zero-order valence-corrected chi connectivity index (χ0v) is 9.73. The molecule has 2 heteroatoms. The van der Waals surface area contributed by atoms with Gasteiger partial charge in [-0.3, -0.25) is 0 Å². The van der Waals surface area contributed by atoms with E-state index in [1.165, 1.54) is 0 Å². The molecule has 0 atom stereocenters. The van der Waals surface area contributed by atoms with Gasteiger partial charge in [0.05, 0.1) is 6.61 Å². The zero-order chi connectivity index (χ0) is 10.8. The molecule has 1 N–H and O–H groups in total. The number of halogens is 1. The predicted octanol–water partition coefficient (Wildman–Crippen LogP) is 3.42. The van der Waals surface area contributed by atoms with E-state index >= 15 is 0 Å². The fourth-order valence-electron chi connectivity index (χ4n) is 1.40. The van der Waals surface area contributed by atoms with Gasteiger partial charge in [-0.1, -0.05) is 44.5 Å². The van der Waals surface area contributed by atoms with Gasteiger partial charge in [0, 0.05) is 5.02 Å². The highest BCUT2D eigenvalue weighted by Gasteiger charge is 2.13.